The molecule has 0 atom stereocenters. The zero-order valence-electron chi connectivity index (χ0n) is 13.0. The van der Waals surface area contributed by atoms with Crippen molar-refractivity contribution in [3.05, 3.63) is 11.4 Å². The highest BCUT2D eigenvalue weighted by Crippen LogP contribution is 2.25. The zero-order chi connectivity index (χ0) is 15.3. The SMILES string of the molecule is CCNc1nc(C)nc(SCC(=O)OC(C)(C)C)c1C. The van der Waals surface area contributed by atoms with Gasteiger partial charge in [0.25, 0.3) is 0 Å². The van der Waals surface area contributed by atoms with E-state index in [1.54, 1.807) is 0 Å². The molecule has 0 spiro atoms. The molecule has 0 saturated carbocycles. The van der Waals surface area contributed by atoms with E-state index in [0.29, 0.717) is 5.82 Å². The van der Waals surface area contributed by atoms with Crippen LogP contribution in [0.25, 0.3) is 0 Å². The van der Waals surface area contributed by atoms with Crippen LogP contribution in [-0.2, 0) is 9.53 Å². The summed E-state index contributed by atoms with van der Waals surface area (Å²) in [6, 6.07) is 0. The predicted molar refractivity (Wildman–Crippen MR) is 82.2 cm³/mol. The highest BCUT2D eigenvalue weighted by molar-refractivity contribution is 7.99. The Morgan fingerprint density at radius 3 is 2.50 bits per heavy atom. The van der Waals surface area contributed by atoms with Crippen molar-refractivity contribution in [2.75, 3.05) is 17.6 Å². The molecule has 0 saturated heterocycles. The molecule has 0 aliphatic carbocycles. The summed E-state index contributed by atoms with van der Waals surface area (Å²) >= 11 is 1.38. The van der Waals surface area contributed by atoms with Crippen molar-refractivity contribution in [2.45, 2.75) is 52.2 Å². The number of ether oxygens (including phenoxy) is 1. The lowest BCUT2D eigenvalue weighted by Gasteiger charge is -2.19. The van der Waals surface area contributed by atoms with Crippen LogP contribution in [0.1, 0.15) is 39.1 Å². The molecule has 1 heterocycles. The highest BCUT2D eigenvalue weighted by atomic mass is 32.2. The van der Waals surface area contributed by atoms with Crippen molar-refractivity contribution in [1.29, 1.82) is 0 Å². The number of aromatic nitrogens is 2. The first-order chi connectivity index (χ1) is 9.23. The minimum Gasteiger partial charge on any atom is -0.459 e. The maximum absolute atomic E-state index is 11.7. The number of carbonyl (C=O) groups excluding carboxylic acids is 1. The summed E-state index contributed by atoms with van der Waals surface area (Å²) in [5.41, 5.74) is 0.509. The molecule has 6 heteroatoms. The molecule has 1 N–H and O–H groups in total. The van der Waals surface area contributed by atoms with Gasteiger partial charge in [-0.15, -0.1) is 0 Å². The first kappa shape index (κ1) is 16.8. The lowest BCUT2D eigenvalue weighted by atomic mass is 10.2. The minimum absolute atomic E-state index is 0.233. The second-order valence-electron chi connectivity index (χ2n) is 5.46. The second kappa shape index (κ2) is 6.92. The first-order valence-corrected chi connectivity index (χ1v) is 7.65. The van der Waals surface area contributed by atoms with E-state index in [1.807, 2.05) is 41.5 Å². The molecule has 1 aromatic heterocycles. The van der Waals surface area contributed by atoms with Crippen LogP contribution < -0.4 is 5.32 Å². The topological polar surface area (TPSA) is 64.1 Å². The Labute approximate surface area is 124 Å². The Kier molecular flexibility index (Phi) is 5.80. The summed E-state index contributed by atoms with van der Waals surface area (Å²) in [5, 5.41) is 4.02. The third-order valence-corrected chi connectivity index (χ3v) is 3.35. The van der Waals surface area contributed by atoms with E-state index in [2.05, 4.69) is 15.3 Å². The molecule has 0 amide bonds. The molecular formula is C14H23N3O2S. The van der Waals surface area contributed by atoms with Crippen LogP contribution in [0.5, 0.6) is 0 Å². The Bertz CT molecular complexity index is 484. The van der Waals surface area contributed by atoms with Gasteiger partial charge in [-0.2, -0.15) is 0 Å². The fraction of sp³-hybridized carbons (Fsp3) is 0.643. The van der Waals surface area contributed by atoms with Gasteiger partial charge in [0, 0.05) is 12.1 Å². The molecule has 0 aliphatic heterocycles. The van der Waals surface area contributed by atoms with Gasteiger partial charge >= 0.3 is 5.97 Å². The molecule has 0 unspecified atom stereocenters. The Morgan fingerprint density at radius 2 is 1.95 bits per heavy atom. The number of hydrogen-bond acceptors (Lipinski definition) is 6. The fourth-order valence-electron chi connectivity index (χ4n) is 1.58. The smallest absolute Gasteiger partial charge is 0.316 e. The van der Waals surface area contributed by atoms with Gasteiger partial charge in [0.15, 0.2) is 0 Å². The van der Waals surface area contributed by atoms with Crippen LogP contribution in [0.2, 0.25) is 0 Å². The Balaban J connectivity index is 2.75. The molecule has 5 nitrogen and oxygen atoms in total. The van der Waals surface area contributed by atoms with E-state index in [-0.39, 0.29) is 11.7 Å². The van der Waals surface area contributed by atoms with E-state index < -0.39 is 5.60 Å². The average Bonchev–Trinajstić information content (AvgIpc) is 2.29. The number of carbonyl (C=O) groups is 1. The number of aryl methyl sites for hydroxylation is 1. The van der Waals surface area contributed by atoms with Crippen LogP contribution in [-0.4, -0.2) is 33.8 Å². The van der Waals surface area contributed by atoms with E-state index >= 15 is 0 Å². The quantitative estimate of drug-likeness (QED) is 0.512. The summed E-state index contributed by atoms with van der Waals surface area (Å²) in [6.07, 6.45) is 0. The van der Waals surface area contributed by atoms with Crippen molar-refractivity contribution in [2.24, 2.45) is 0 Å². The second-order valence-corrected chi connectivity index (χ2v) is 6.42. The monoisotopic (exact) mass is 297 g/mol. The van der Waals surface area contributed by atoms with Crippen LogP contribution in [0, 0.1) is 13.8 Å². The average molecular weight is 297 g/mol. The fourth-order valence-corrected chi connectivity index (χ4v) is 2.40. The Hall–Kier alpha value is -1.30. The number of esters is 1. The van der Waals surface area contributed by atoms with E-state index in [9.17, 15) is 4.79 Å². The number of thioether (sulfide) groups is 1. The maximum atomic E-state index is 11.7. The van der Waals surface area contributed by atoms with Gasteiger partial charge in [-0.3, -0.25) is 4.79 Å². The predicted octanol–water partition coefficient (Wildman–Crippen LogP) is 2.96. The normalized spacial score (nSPS) is 11.3. The van der Waals surface area contributed by atoms with Gasteiger partial charge in [0.2, 0.25) is 0 Å². The summed E-state index contributed by atoms with van der Waals surface area (Å²) in [6.45, 7) is 12.2. The van der Waals surface area contributed by atoms with Gasteiger partial charge in [-0.1, -0.05) is 11.8 Å². The standard InChI is InChI=1S/C14H23N3O2S/c1-7-15-12-9(2)13(17-10(3)16-12)20-8-11(18)19-14(4,5)6/h7-8H2,1-6H3,(H,15,16,17). The van der Waals surface area contributed by atoms with Crippen LogP contribution >= 0.6 is 11.8 Å². The molecular weight excluding hydrogens is 274 g/mol. The van der Waals surface area contributed by atoms with E-state index in [1.165, 1.54) is 11.8 Å². The highest BCUT2D eigenvalue weighted by Gasteiger charge is 2.17. The summed E-state index contributed by atoms with van der Waals surface area (Å²) in [7, 11) is 0. The largest absolute Gasteiger partial charge is 0.459 e. The lowest BCUT2D eigenvalue weighted by molar-refractivity contribution is -0.151. The lowest BCUT2D eigenvalue weighted by Crippen LogP contribution is -2.25. The first-order valence-electron chi connectivity index (χ1n) is 6.66. The van der Waals surface area contributed by atoms with E-state index in [0.717, 1.165) is 23.0 Å². The van der Waals surface area contributed by atoms with Crippen molar-refractivity contribution >= 4 is 23.5 Å². The summed E-state index contributed by atoms with van der Waals surface area (Å²) < 4.78 is 5.29. The molecule has 0 fully saturated rings. The van der Waals surface area contributed by atoms with Crippen molar-refractivity contribution < 1.29 is 9.53 Å². The van der Waals surface area contributed by atoms with Gasteiger partial charge in [0.1, 0.15) is 22.3 Å². The maximum Gasteiger partial charge on any atom is 0.316 e. The number of rotatable bonds is 5. The summed E-state index contributed by atoms with van der Waals surface area (Å²) in [5.74, 6) is 1.54. The molecule has 0 aliphatic rings. The van der Waals surface area contributed by atoms with Crippen molar-refractivity contribution in [3.63, 3.8) is 0 Å². The van der Waals surface area contributed by atoms with Crippen LogP contribution in [0.15, 0.2) is 5.03 Å². The van der Waals surface area contributed by atoms with Crippen molar-refractivity contribution in [1.82, 2.24) is 9.97 Å². The van der Waals surface area contributed by atoms with Gasteiger partial charge < -0.3 is 10.1 Å². The molecule has 0 bridgehead atoms. The molecule has 1 rings (SSSR count). The molecule has 20 heavy (non-hydrogen) atoms. The van der Waals surface area contributed by atoms with E-state index in [4.69, 9.17) is 4.74 Å². The third kappa shape index (κ3) is 5.36. The van der Waals surface area contributed by atoms with Gasteiger partial charge in [0.05, 0.1) is 5.75 Å². The van der Waals surface area contributed by atoms with Crippen LogP contribution in [0.3, 0.4) is 0 Å². The van der Waals surface area contributed by atoms with Crippen molar-refractivity contribution in [3.8, 4) is 0 Å². The third-order valence-electron chi connectivity index (χ3n) is 2.30. The molecule has 1 aromatic rings. The number of nitrogens with one attached hydrogen (secondary N) is 1. The van der Waals surface area contributed by atoms with Gasteiger partial charge in [-0.05, 0) is 41.5 Å². The molecule has 0 aromatic carbocycles. The zero-order valence-corrected chi connectivity index (χ0v) is 13.8. The Morgan fingerprint density at radius 1 is 1.30 bits per heavy atom. The van der Waals surface area contributed by atoms with Crippen LogP contribution in [0.4, 0.5) is 5.82 Å². The minimum atomic E-state index is -0.455. The molecule has 112 valence electrons. The van der Waals surface area contributed by atoms with Gasteiger partial charge in [-0.25, -0.2) is 9.97 Å². The number of anilines is 1. The number of hydrogen-bond donors (Lipinski definition) is 1. The molecule has 0 radical (unpaired) electrons. The number of nitrogens with zero attached hydrogens (tertiary/aromatic N) is 2. The summed E-state index contributed by atoms with van der Waals surface area (Å²) in [4.78, 5) is 20.5.